The lowest BCUT2D eigenvalue weighted by Crippen LogP contribution is -2.21. The van der Waals surface area contributed by atoms with Crippen molar-refractivity contribution >= 4 is 21.8 Å². The first-order valence-corrected chi connectivity index (χ1v) is 5.40. The van der Waals surface area contributed by atoms with Gasteiger partial charge in [-0.2, -0.15) is 0 Å². The Balaban J connectivity index is 2.32. The SMILES string of the molecule is [SiH3]Oc1cc2c(s1)CCNC2. The molecule has 0 fully saturated rings. The van der Waals surface area contributed by atoms with Crippen LogP contribution >= 0.6 is 11.3 Å². The molecule has 2 heterocycles. The first kappa shape index (κ1) is 7.33. The summed E-state index contributed by atoms with van der Waals surface area (Å²) in [6.07, 6.45) is 1.17. The van der Waals surface area contributed by atoms with Gasteiger partial charge >= 0.3 is 0 Å². The predicted octanol–water partition coefficient (Wildman–Crippen LogP) is 0.0530. The van der Waals surface area contributed by atoms with Gasteiger partial charge < -0.3 is 9.74 Å². The van der Waals surface area contributed by atoms with Crippen LogP contribution in [0.1, 0.15) is 10.4 Å². The maximum absolute atomic E-state index is 5.30. The van der Waals surface area contributed by atoms with E-state index >= 15 is 0 Å². The molecule has 11 heavy (non-hydrogen) atoms. The molecule has 0 bridgehead atoms. The fourth-order valence-electron chi connectivity index (χ4n) is 1.33. The zero-order chi connectivity index (χ0) is 7.68. The molecular weight excluding hydrogens is 174 g/mol. The van der Waals surface area contributed by atoms with E-state index in [2.05, 4.69) is 11.4 Å². The monoisotopic (exact) mass is 185 g/mol. The van der Waals surface area contributed by atoms with Crippen molar-refractivity contribution in [1.82, 2.24) is 5.32 Å². The van der Waals surface area contributed by atoms with Crippen LogP contribution in [0.4, 0.5) is 0 Å². The van der Waals surface area contributed by atoms with Crippen molar-refractivity contribution in [3.05, 3.63) is 16.5 Å². The third-order valence-electron chi connectivity index (χ3n) is 1.92. The van der Waals surface area contributed by atoms with Crippen LogP contribution in [0.2, 0.25) is 0 Å². The summed E-state index contributed by atoms with van der Waals surface area (Å²) in [6, 6.07) is 2.17. The number of hydrogen-bond donors (Lipinski definition) is 1. The van der Waals surface area contributed by atoms with Crippen molar-refractivity contribution in [3.63, 3.8) is 0 Å². The van der Waals surface area contributed by atoms with Gasteiger partial charge in [0.15, 0.2) is 5.06 Å². The van der Waals surface area contributed by atoms with Crippen LogP contribution in [0.25, 0.3) is 0 Å². The zero-order valence-electron chi connectivity index (χ0n) is 6.52. The van der Waals surface area contributed by atoms with Gasteiger partial charge in [0.2, 0.25) is 10.5 Å². The molecule has 60 valence electrons. The molecule has 2 rings (SSSR count). The van der Waals surface area contributed by atoms with E-state index in [0.717, 1.165) is 28.6 Å². The molecule has 1 N–H and O–H groups in total. The second kappa shape index (κ2) is 2.96. The van der Waals surface area contributed by atoms with E-state index in [1.165, 1.54) is 16.9 Å². The van der Waals surface area contributed by atoms with Crippen molar-refractivity contribution in [3.8, 4) is 5.06 Å². The maximum Gasteiger partial charge on any atom is 0.205 e. The van der Waals surface area contributed by atoms with Gasteiger partial charge in [0.1, 0.15) is 0 Å². The first-order valence-electron chi connectivity index (χ1n) is 3.76. The molecule has 0 amide bonds. The van der Waals surface area contributed by atoms with Crippen LogP contribution < -0.4 is 9.74 Å². The lowest BCUT2D eigenvalue weighted by molar-refractivity contribution is 0.629. The average molecular weight is 185 g/mol. The van der Waals surface area contributed by atoms with Crippen LogP contribution in [-0.4, -0.2) is 17.0 Å². The molecule has 0 radical (unpaired) electrons. The van der Waals surface area contributed by atoms with E-state index in [4.69, 9.17) is 4.43 Å². The highest BCUT2D eigenvalue weighted by molar-refractivity contribution is 7.14. The van der Waals surface area contributed by atoms with Gasteiger partial charge in [-0.1, -0.05) is 0 Å². The molecule has 1 aromatic rings. The summed E-state index contributed by atoms with van der Waals surface area (Å²) in [5, 5.41) is 4.44. The van der Waals surface area contributed by atoms with Crippen LogP contribution in [0.3, 0.4) is 0 Å². The summed E-state index contributed by atoms with van der Waals surface area (Å²) in [5.41, 5.74) is 1.44. The molecule has 2 nitrogen and oxygen atoms in total. The average Bonchev–Trinajstić information content (AvgIpc) is 2.46. The van der Waals surface area contributed by atoms with E-state index in [-0.39, 0.29) is 0 Å². The number of nitrogens with one attached hydrogen (secondary N) is 1. The zero-order valence-corrected chi connectivity index (χ0v) is 9.33. The van der Waals surface area contributed by atoms with Crippen LogP contribution in [0, 0.1) is 0 Å². The Kier molecular flexibility index (Phi) is 1.98. The van der Waals surface area contributed by atoms with Gasteiger partial charge in [-0.3, -0.25) is 0 Å². The number of thiophene rings is 1. The molecule has 0 atom stereocenters. The summed E-state index contributed by atoms with van der Waals surface area (Å²) in [7, 11) is 0.803. The second-order valence-corrected chi connectivity index (χ2v) is 4.15. The molecule has 0 saturated heterocycles. The quantitative estimate of drug-likeness (QED) is 0.624. The summed E-state index contributed by atoms with van der Waals surface area (Å²) in [6.45, 7) is 2.14. The van der Waals surface area contributed by atoms with Crippen molar-refractivity contribution in [2.75, 3.05) is 6.54 Å². The summed E-state index contributed by atoms with van der Waals surface area (Å²) in [4.78, 5) is 1.51. The Morgan fingerprint density at radius 1 is 1.64 bits per heavy atom. The van der Waals surface area contributed by atoms with Gasteiger partial charge in [-0.15, -0.1) is 11.3 Å². The van der Waals surface area contributed by atoms with E-state index in [9.17, 15) is 0 Å². The highest BCUT2D eigenvalue weighted by Gasteiger charge is 2.12. The Hall–Kier alpha value is -0.323. The lowest BCUT2D eigenvalue weighted by Gasteiger charge is -2.10. The highest BCUT2D eigenvalue weighted by Crippen LogP contribution is 2.30. The third kappa shape index (κ3) is 1.33. The molecule has 4 heteroatoms. The van der Waals surface area contributed by atoms with Crippen molar-refractivity contribution in [2.24, 2.45) is 0 Å². The smallest absolute Gasteiger partial charge is 0.205 e. The number of fused-ring (bicyclic) bond motifs is 1. The Bertz CT molecular complexity index is 237. The van der Waals surface area contributed by atoms with E-state index in [1.54, 1.807) is 0 Å². The van der Waals surface area contributed by atoms with Gasteiger partial charge in [-0.25, -0.2) is 0 Å². The van der Waals surface area contributed by atoms with Crippen LogP contribution in [-0.2, 0) is 13.0 Å². The Morgan fingerprint density at radius 3 is 3.27 bits per heavy atom. The molecule has 0 saturated carbocycles. The largest absolute Gasteiger partial charge is 0.546 e. The molecular formula is C7H11NOSSi. The van der Waals surface area contributed by atoms with Crippen LogP contribution in [0.5, 0.6) is 5.06 Å². The minimum atomic E-state index is 0.803. The molecule has 0 unspecified atom stereocenters. The maximum atomic E-state index is 5.30. The molecule has 1 aliphatic rings. The van der Waals surface area contributed by atoms with Gasteiger partial charge in [-0.05, 0) is 18.1 Å². The Morgan fingerprint density at radius 2 is 2.55 bits per heavy atom. The summed E-state index contributed by atoms with van der Waals surface area (Å²) in [5.74, 6) is 0. The van der Waals surface area contributed by atoms with Crippen molar-refractivity contribution in [1.29, 1.82) is 0 Å². The van der Waals surface area contributed by atoms with E-state index in [0.29, 0.717) is 0 Å². The lowest BCUT2D eigenvalue weighted by atomic mass is 10.1. The van der Waals surface area contributed by atoms with Crippen molar-refractivity contribution < 1.29 is 4.43 Å². The summed E-state index contributed by atoms with van der Waals surface area (Å²) < 4.78 is 5.30. The van der Waals surface area contributed by atoms with Gasteiger partial charge in [0.25, 0.3) is 0 Å². The molecule has 0 aromatic carbocycles. The predicted molar refractivity (Wildman–Crippen MR) is 50.3 cm³/mol. The van der Waals surface area contributed by atoms with E-state index in [1.807, 2.05) is 11.3 Å². The third-order valence-corrected chi connectivity index (χ3v) is 3.85. The fraction of sp³-hybridized carbons (Fsp3) is 0.429. The Labute approximate surface area is 73.1 Å². The fourth-order valence-corrected chi connectivity index (χ4v) is 2.69. The minimum Gasteiger partial charge on any atom is -0.546 e. The number of rotatable bonds is 1. The normalized spacial score (nSPS) is 16.4. The molecule has 0 aliphatic carbocycles. The standard InChI is InChI=1S/C7H11NOSSi/c11-9-7-3-5-4-8-2-1-6(5)10-7/h3,8H,1-2,4H2,11H3. The van der Waals surface area contributed by atoms with Gasteiger partial charge in [0.05, 0.1) is 0 Å². The summed E-state index contributed by atoms with van der Waals surface area (Å²) >= 11 is 1.81. The van der Waals surface area contributed by atoms with E-state index < -0.39 is 0 Å². The van der Waals surface area contributed by atoms with Crippen LogP contribution in [0.15, 0.2) is 6.07 Å². The van der Waals surface area contributed by atoms with Crippen molar-refractivity contribution in [2.45, 2.75) is 13.0 Å². The molecule has 0 spiro atoms. The topological polar surface area (TPSA) is 21.3 Å². The second-order valence-electron chi connectivity index (χ2n) is 2.64. The minimum absolute atomic E-state index is 0.803. The molecule has 1 aromatic heterocycles. The highest BCUT2D eigenvalue weighted by atomic mass is 32.1. The van der Waals surface area contributed by atoms with Gasteiger partial charge in [0, 0.05) is 18.0 Å². The number of hydrogen-bond acceptors (Lipinski definition) is 3. The molecule has 1 aliphatic heterocycles. The first-order chi connectivity index (χ1) is 5.40.